The van der Waals surface area contributed by atoms with Gasteiger partial charge in [-0.2, -0.15) is 5.10 Å². The lowest BCUT2D eigenvalue weighted by molar-refractivity contribution is -0.116. The van der Waals surface area contributed by atoms with Gasteiger partial charge in [0.1, 0.15) is 11.2 Å². The van der Waals surface area contributed by atoms with Crippen LogP contribution in [0.2, 0.25) is 0 Å². The number of amides is 1. The molecule has 4 rings (SSSR count). The van der Waals surface area contributed by atoms with Crippen LogP contribution in [-0.2, 0) is 11.3 Å². The number of nitrogens with zero attached hydrogens (tertiary/aromatic N) is 4. The number of benzene rings is 2. The van der Waals surface area contributed by atoms with E-state index in [1.165, 1.54) is 33.9 Å². The summed E-state index contributed by atoms with van der Waals surface area (Å²) in [5.74, 6) is -0.539. The van der Waals surface area contributed by atoms with Gasteiger partial charge in [-0.3, -0.25) is 14.2 Å². The second-order valence-electron chi connectivity index (χ2n) is 7.06. The molecule has 0 atom stereocenters. The number of carbonyl (C=O) groups is 1. The highest BCUT2D eigenvalue weighted by Gasteiger charge is 2.13. The van der Waals surface area contributed by atoms with Crippen LogP contribution in [0.15, 0.2) is 59.8 Å². The van der Waals surface area contributed by atoms with Gasteiger partial charge in [-0.15, -0.1) is 0 Å². The van der Waals surface area contributed by atoms with E-state index >= 15 is 0 Å². The van der Waals surface area contributed by atoms with Gasteiger partial charge in [0.05, 0.1) is 18.2 Å². The van der Waals surface area contributed by atoms with Crippen LogP contribution in [0.4, 0.5) is 10.1 Å². The summed E-state index contributed by atoms with van der Waals surface area (Å²) in [6.45, 7) is 4.13. The number of anilines is 1. The number of aryl methyl sites for hydroxylation is 2. The fourth-order valence-electron chi connectivity index (χ4n) is 3.20. The summed E-state index contributed by atoms with van der Waals surface area (Å²) in [5, 5.41) is 7.42. The van der Waals surface area contributed by atoms with Gasteiger partial charge in [-0.25, -0.2) is 14.1 Å². The Labute approximate surface area is 171 Å². The maximum Gasteiger partial charge on any atom is 0.264 e. The molecule has 2 aromatic carbocycles. The molecule has 0 aliphatic rings. The summed E-state index contributed by atoms with van der Waals surface area (Å²) in [6.07, 6.45) is 2.96. The topological polar surface area (TPSA) is 81.8 Å². The Morgan fingerprint density at radius 3 is 2.67 bits per heavy atom. The molecular formula is C22H20FN5O2. The van der Waals surface area contributed by atoms with Gasteiger partial charge in [-0.05, 0) is 55.3 Å². The number of hydrogen-bond donors (Lipinski definition) is 1. The lowest BCUT2D eigenvalue weighted by Crippen LogP contribution is -2.23. The highest BCUT2D eigenvalue weighted by atomic mass is 19.1. The fraction of sp³-hybridized carbons (Fsp3) is 0.182. The molecule has 0 bridgehead atoms. The molecule has 2 heterocycles. The molecule has 8 heteroatoms. The van der Waals surface area contributed by atoms with Crippen LogP contribution >= 0.6 is 0 Å². The number of halogens is 1. The van der Waals surface area contributed by atoms with Gasteiger partial charge in [0, 0.05) is 18.7 Å². The minimum Gasteiger partial charge on any atom is -0.326 e. The van der Waals surface area contributed by atoms with Crippen molar-refractivity contribution in [3.63, 3.8) is 0 Å². The van der Waals surface area contributed by atoms with Gasteiger partial charge in [0.15, 0.2) is 5.65 Å². The Morgan fingerprint density at radius 1 is 1.13 bits per heavy atom. The standard InChI is InChI=1S/C22H20FN5O2/c1-14-4-3-5-19(15(14)2)26-20(29)10-11-27-13-24-21-18(22(27)30)12-25-28(21)17-8-6-16(23)7-9-17/h3-9,12-13H,10-11H2,1-2H3,(H,26,29). The van der Waals surface area contributed by atoms with E-state index in [2.05, 4.69) is 15.4 Å². The number of hydrogen-bond acceptors (Lipinski definition) is 4. The average Bonchev–Trinajstić information content (AvgIpc) is 3.16. The van der Waals surface area contributed by atoms with Crippen molar-refractivity contribution < 1.29 is 9.18 Å². The summed E-state index contributed by atoms with van der Waals surface area (Å²) in [4.78, 5) is 29.4. The minimum absolute atomic E-state index is 0.132. The van der Waals surface area contributed by atoms with Gasteiger partial charge < -0.3 is 5.32 Å². The maximum absolute atomic E-state index is 13.2. The third kappa shape index (κ3) is 3.71. The first-order valence-electron chi connectivity index (χ1n) is 9.49. The smallest absolute Gasteiger partial charge is 0.264 e. The molecule has 4 aromatic rings. The largest absolute Gasteiger partial charge is 0.326 e. The van der Waals surface area contributed by atoms with Gasteiger partial charge >= 0.3 is 0 Å². The van der Waals surface area contributed by atoms with Crippen molar-refractivity contribution >= 4 is 22.6 Å². The van der Waals surface area contributed by atoms with E-state index in [1.807, 2.05) is 32.0 Å². The molecule has 0 aliphatic heterocycles. The SMILES string of the molecule is Cc1cccc(NC(=O)CCn2cnc3c(cnn3-c3ccc(F)cc3)c2=O)c1C. The zero-order valence-corrected chi connectivity index (χ0v) is 16.6. The van der Waals surface area contributed by atoms with E-state index < -0.39 is 0 Å². The van der Waals surface area contributed by atoms with Crippen molar-refractivity contribution in [2.24, 2.45) is 0 Å². The fourth-order valence-corrected chi connectivity index (χ4v) is 3.20. The molecule has 152 valence electrons. The van der Waals surface area contributed by atoms with Crippen molar-refractivity contribution in [2.45, 2.75) is 26.8 Å². The Hall–Kier alpha value is -3.81. The molecule has 0 aliphatic carbocycles. The van der Waals surface area contributed by atoms with E-state index in [-0.39, 0.29) is 30.2 Å². The van der Waals surface area contributed by atoms with Gasteiger partial charge in [0.25, 0.3) is 5.56 Å². The number of fused-ring (bicyclic) bond motifs is 1. The second kappa shape index (κ2) is 7.90. The van der Waals surface area contributed by atoms with Crippen molar-refractivity contribution in [1.29, 1.82) is 0 Å². The normalized spacial score (nSPS) is 11.0. The van der Waals surface area contributed by atoms with Crippen molar-refractivity contribution in [1.82, 2.24) is 19.3 Å². The first-order valence-corrected chi connectivity index (χ1v) is 9.49. The average molecular weight is 405 g/mol. The molecule has 0 radical (unpaired) electrons. The highest BCUT2D eigenvalue weighted by Crippen LogP contribution is 2.18. The predicted octanol–water partition coefficient (Wildman–Crippen LogP) is 3.37. The molecule has 1 N–H and O–H groups in total. The Balaban J connectivity index is 1.52. The summed E-state index contributed by atoms with van der Waals surface area (Å²) in [7, 11) is 0. The molecule has 0 unspecified atom stereocenters. The van der Waals surface area contributed by atoms with E-state index in [0.717, 1.165) is 16.8 Å². The van der Waals surface area contributed by atoms with E-state index in [9.17, 15) is 14.0 Å². The molecule has 0 fully saturated rings. The van der Waals surface area contributed by atoms with Crippen LogP contribution in [0.25, 0.3) is 16.7 Å². The van der Waals surface area contributed by atoms with Crippen molar-refractivity contribution in [3.05, 3.63) is 82.3 Å². The summed E-state index contributed by atoms with van der Waals surface area (Å²) >= 11 is 0. The Bertz CT molecular complexity index is 1290. The first kappa shape index (κ1) is 19.5. The minimum atomic E-state index is -0.357. The summed E-state index contributed by atoms with van der Waals surface area (Å²) < 4.78 is 16.0. The number of aromatic nitrogens is 4. The van der Waals surface area contributed by atoms with Crippen molar-refractivity contribution in [3.8, 4) is 5.69 Å². The van der Waals surface area contributed by atoms with Gasteiger partial charge in [0.2, 0.25) is 5.91 Å². The third-order valence-electron chi connectivity index (χ3n) is 5.08. The van der Waals surface area contributed by atoms with Crippen LogP contribution in [0.1, 0.15) is 17.5 Å². The van der Waals surface area contributed by atoms with E-state index in [1.54, 1.807) is 12.1 Å². The number of rotatable bonds is 5. The van der Waals surface area contributed by atoms with Crippen LogP contribution in [0.5, 0.6) is 0 Å². The van der Waals surface area contributed by atoms with Crippen LogP contribution in [0.3, 0.4) is 0 Å². The van der Waals surface area contributed by atoms with Crippen LogP contribution < -0.4 is 10.9 Å². The molecule has 0 spiro atoms. The lowest BCUT2D eigenvalue weighted by Gasteiger charge is -2.11. The summed E-state index contributed by atoms with van der Waals surface area (Å²) in [5.41, 5.74) is 3.57. The van der Waals surface area contributed by atoms with Crippen molar-refractivity contribution in [2.75, 3.05) is 5.32 Å². The zero-order chi connectivity index (χ0) is 21.3. The molecular weight excluding hydrogens is 385 g/mol. The quantitative estimate of drug-likeness (QED) is 0.552. The molecule has 0 saturated heterocycles. The first-order chi connectivity index (χ1) is 14.4. The predicted molar refractivity (Wildman–Crippen MR) is 112 cm³/mol. The highest BCUT2D eigenvalue weighted by molar-refractivity contribution is 5.91. The summed E-state index contributed by atoms with van der Waals surface area (Å²) in [6, 6.07) is 11.5. The second-order valence-corrected chi connectivity index (χ2v) is 7.06. The van der Waals surface area contributed by atoms with E-state index in [0.29, 0.717) is 16.7 Å². The van der Waals surface area contributed by atoms with Crippen LogP contribution in [-0.4, -0.2) is 25.2 Å². The monoisotopic (exact) mass is 405 g/mol. The third-order valence-corrected chi connectivity index (χ3v) is 5.08. The molecule has 2 aromatic heterocycles. The molecule has 0 saturated carbocycles. The lowest BCUT2D eigenvalue weighted by atomic mass is 10.1. The molecule has 1 amide bonds. The van der Waals surface area contributed by atoms with E-state index in [4.69, 9.17) is 0 Å². The Kier molecular flexibility index (Phi) is 5.14. The van der Waals surface area contributed by atoms with Gasteiger partial charge in [-0.1, -0.05) is 12.1 Å². The number of nitrogens with one attached hydrogen (secondary N) is 1. The number of carbonyl (C=O) groups excluding carboxylic acids is 1. The molecule has 7 nitrogen and oxygen atoms in total. The Morgan fingerprint density at radius 2 is 1.90 bits per heavy atom. The van der Waals surface area contributed by atoms with Crippen LogP contribution in [0, 0.1) is 19.7 Å². The zero-order valence-electron chi connectivity index (χ0n) is 16.6. The molecule has 30 heavy (non-hydrogen) atoms. The maximum atomic E-state index is 13.2.